The molecule has 3 rings (SSSR count). The summed E-state index contributed by atoms with van der Waals surface area (Å²) in [5, 5.41) is 10.7. The van der Waals surface area contributed by atoms with Crippen molar-refractivity contribution >= 4 is 17.4 Å². The van der Waals surface area contributed by atoms with Gasteiger partial charge in [0, 0.05) is 23.3 Å². The van der Waals surface area contributed by atoms with Gasteiger partial charge in [-0.25, -0.2) is 4.79 Å². The van der Waals surface area contributed by atoms with Crippen LogP contribution in [0, 0.1) is 10.1 Å². The Labute approximate surface area is 125 Å². The molecule has 2 aromatic rings. The van der Waals surface area contributed by atoms with Crippen LogP contribution in [0.2, 0.25) is 0 Å². The van der Waals surface area contributed by atoms with Crippen LogP contribution < -0.4 is 0 Å². The van der Waals surface area contributed by atoms with E-state index >= 15 is 0 Å². The van der Waals surface area contributed by atoms with E-state index < -0.39 is 17.2 Å². The molecule has 0 saturated heterocycles. The van der Waals surface area contributed by atoms with Crippen molar-refractivity contribution in [2.24, 2.45) is 0 Å². The minimum absolute atomic E-state index is 0.0373. The summed E-state index contributed by atoms with van der Waals surface area (Å²) in [6, 6.07) is 14.8. The Morgan fingerprint density at radius 2 is 1.64 bits per heavy atom. The Bertz CT molecular complexity index is 737. The number of esters is 1. The van der Waals surface area contributed by atoms with Crippen LogP contribution in [0.5, 0.6) is 0 Å². The molecule has 0 aliphatic carbocycles. The number of nitro benzene ring substituents is 1. The van der Waals surface area contributed by atoms with Gasteiger partial charge in [-0.05, 0) is 12.1 Å². The van der Waals surface area contributed by atoms with Gasteiger partial charge in [-0.15, -0.1) is 0 Å². The maximum absolute atomic E-state index is 11.7. The summed E-state index contributed by atoms with van der Waals surface area (Å²) < 4.78 is 10.8. The lowest BCUT2D eigenvalue weighted by molar-refractivity contribution is -0.384. The fraction of sp³-hybridized carbons (Fsp3) is 0.0625. The molecule has 6 heteroatoms. The molecule has 2 aromatic carbocycles. The van der Waals surface area contributed by atoms with Gasteiger partial charge < -0.3 is 9.47 Å². The second-order valence-electron chi connectivity index (χ2n) is 4.61. The summed E-state index contributed by atoms with van der Waals surface area (Å²) in [4.78, 5) is 21.9. The van der Waals surface area contributed by atoms with Crippen molar-refractivity contribution < 1.29 is 19.2 Å². The minimum atomic E-state index is -0.923. The zero-order valence-electron chi connectivity index (χ0n) is 11.3. The maximum Gasteiger partial charge on any atom is 0.337 e. The molecule has 22 heavy (non-hydrogen) atoms. The second-order valence-corrected chi connectivity index (χ2v) is 4.61. The smallest absolute Gasteiger partial charge is 0.337 e. The zero-order valence-corrected chi connectivity index (χ0v) is 11.3. The van der Waals surface area contributed by atoms with E-state index in [1.807, 2.05) is 30.3 Å². The lowest BCUT2D eigenvalue weighted by Crippen LogP contribution is -2.18. The van der Waals surface area contributed by atoms with Gasteiger partial charge in [0.05, 0.1) is 11.0 Å². The number of nitrogens with zero attached hydrogens (tertiary/aromatic N) is 1. The highest BCUT2D eigenvalue weighted by molar-refractivity contribution is 5.91. The van der Waals surface area contributed by atoms with Crippen LogP contribution in [-0.4, -0.2) is 10.9 Å². The van der Waals surface area contributed by atoms with Gasteiger partial charge >= 0.3 is 5.97 Å². The van der Waals surface area contributed by atoms with E-state index in [9.17, 15) is 14.9 Å². The highest BCUT2D eigenvalue weighted by Gasteiger charge is 2.25. The summed E-state index contributed by atoms with van der Waals surface area (Å²) in [6.07, 6.45) is 0.352. The van der Waals surface area contributed by atoms with E-state index in [1.54, 1.807) is 0 Å². The molecule has 0 bridgehead atoms. The first-order chi connectivity index (χ1) is 10.6. The average molecular weight is 297 g/mol. The van der Waals surface area contributed by atoms with Crippen molar-refractivity contribution in [2.45, 2.75) is 6.29 Å². The molecule has 1 aliphatic heterocycles. The predicted octanol–water partition coefficient (Wildman–Crippen LogP) is 3.21. The number of nitro groups is 1. The van der Waals surface area contributed by atoms with Crippen LogP contribution >= 0.6 is 0 Å². The molecule has 0 saturated carbocycles. The third-order valence-corrected chi connectivity index (χ3v) is 3.14. The second kappa shape index (κ2) is 5.69. The monoisotopic (exact) mass is 297 g/mol. The fourth-order valence-corrected chi connectivity index (χ4v) is 2.06. The third-order valence-electron chi connectivity index (χ3n) is 3.14. The van der Waals surface area contributed by atoms with Gasteiger partial charge in [-0.2, -0.15) is 0 Å². The van der Waals surface area contributed by atoms with Crippen molar-refractivity contribution in [3.05, 3.63) is 81.9 Å². The van der Waals surface area contributed by atoms with Crippen molar-refractivity contribution in [2.75, 3.05) is 0 Å². The van der Waals surface area contributed by atoms with Crippen molar-refractivity contribution in [3.63, 3.8) is 0 Å². The van der Waals surface area contributed by atoms with Crippen LogP contribution in [0.25, 0.3) is 5.76 Å². The van der Waals surface area contributed by atoms with Crippen LogP contribution in [0.3, 0.4) is 0 Å². The Balaban J connectivity index is 1.86. The maximum atomic E-state index is 11.7. The number of carbonyl (C=O) groups is 1. The highest BCUT2D eigenvalue weighted by Crippen LogP contribution is 2.31. The topological polar surface area (TPSA) is 78.7 Å². The van der Waals surface area contributed by atoms with E-state index in [2.05, 4.69) is 0 Å². The van der Waals surface area contributed by atoms with Gasteiger partial charge in [0.25, 0.3) is 12.0 Å². The summed E-state index contributed by atoms with van der Waals surface area (Å²) >= 11 is 0. The van der Waals surface area contributed by atoms with Crippen molar-refractivity contribution in [1.82, 2.24) is 0 Å². The number of cyclic esters (lactones) is 1. The van der Waals surface area contributed by atoms with Crippen LogP contribution in [0.4, 0.5) is 5.69 Å². The number of hydrogen-bond acceptors (Lipinski definition) is 5. The molecule has 1 aliphatic rings. The Kier molecular flexibility index (Phi) is 3.57. The number of non-ortho nitro benzene ring substituents is 1. The molecule has 0 amide bonds. The largest absolute Gasteiger partial charge is 0.450 e. The molecule has 110 valence electrons. The first kappa shape index (κ1) is 13.8. The van der Waals surface area contributed by atoms with Gasteiger partial charge in [0.2, 0.25) is 0 Å². The van der Waals surface area contributed by atoms with Crippen LogP contribution in [-0.2, 0) is 14.3 Å². The molecule has 1 unspecified atom stereocenters. The number of carbonyl (C=O) groups excluding carboxylic acids is 1. The third kappa shape index (κ3) is 2.80. The summed E-state index contributed by atoms with van der Waals surface area (Å²) in [7, 11) is 0. The highest BCUT2D eigenvalue weighted by atomic mass is 16.7. The van der Waals surface area contributed by atoms with Gasteiger partial charge in [-0.3, -0.25) is 10.1 Å². The Morgan fingerprint density at radius 1 is 0.955 bits per heavy atom. The number of hydrogen-bond donors (Lipinski definition) is 0. The summed E-state index contributed by atoms with van der Waals surface area (Å²) in [5.74, 6) is -0.117. The normalized spacial score (nSPS) is 17.2. The number of rotatable bonds is 3. The Morgan fingerprint density at radius 3 is 2.27 bits per heavy atom. The van der Waals surface area contributed by atoms with E-state index in [0.29, 0.717) is 11.3 Å². The number of ether oxygens (including phenoxy) is 2. The molecular weight excluding hydrogens is 286 g/mol. The van der Waals surface area contributed by atoms with Crippen molar-refractivity contribution in [3.8, 4) is 0 Å². The van der Waals surface area contributed by atoms with E-state index in [-0.39, 0.29) is 5.69 Å². The molecule has 0 N–H and O–H groups in total. The Hall–Kier alpha value is -3.15. The van der Waals surface area contributed by atoms with Crippen molar-refractivity contribution in [1.29, 1.82) is 0 Å². The summed E-state index contributed by atoms with van der Waals surface area (Å²) in [5.41, 5.74) is 1.25. The quantitative estimate of drug-likeness (QED) is 0.494. The molecule has 1 heterocycles. The van der Waals surface area contributed by atoms with Gasteiger partial charge in [0.1, 0.15) is 5.76 Å². The van der Waals surface area contributed by atoms with E-state index in [1.165, 1.54) is 30.3 Å². The first-order valence-electron chi connectivity index (χ1n) is 6.52. The SMILES string of the molecule is O=C1C=C(c2ccccc2)OC(c2ccc([N+](=O)[O-])cc2)O1. The van der Waals surface area contributed by atoms with Gasteiger partial charge in [-0.1, -0.05) is 30.3 Å². The van der Waals surface area contributed by atoms with Crippen LogP contribution in [0.1, 0.15) is 17.4 Å². The predicted molar refractivity (Wildman–Crippen MR) is 77.4 cm³/mol. The minimum Gasteiger partial charge on any atom is -0.450 e. The fourth-order valence-electron chi connectivity index (χ4n) is 2.06. The average Bonchev–Trinajstić information content (AvgIpc) is 2.55. The molecular formula is C16H11NO5. The lowest BCUT2D eigenvalue weighted by atomic mass is 10.1. The molecule has 6 nitrogen and oxygen atoms in total. The molecule has 0 aromatic heterocycles. The van der Waals surface area contributed by atoms with Gasteiger partial charge in [0.15, 0.2) is 0 Å². The molecule has 0 radical (unpaired) electrons. The van der Waals surface area contributed by atoms with Crippen LogP contribution in [0.15, 0.2) is 60.7 Å². The lowest BCUT2D eigenvalue weighted by Gasteiger charge is -2.24. The first-order valence-corrected chi connectivity index (χ1v) is 6.52. The zero-order chi connectivity index (χ0) is 15.5. The summed E-state index contributed by atoms with van der Waals surface area (Å²) in [6.45, 7) is 0. The molecule has 1 atom stereocenters. The standard InChI is InChI=1S/C16H11NO5/c18-15-10-14(11-4-2-1-3-5-11)21-16(22-15)12-6-8-13(9-7-12)17(19)20/h1-10,16H. The van der Waals surface area contributed by atoms with E-state index in [4.69, 9.17) is 9.47 Å². The molecule has 0 spiro atoms. The van der Waals surface area contributed by atoms with E-state index in [0.717, 1.165) is 5.56 Å². The number of benzene rings is 2. The molecule has 0 fully saturated rings.